The molecule has 6 heteroatoms. The SMILES string of the molecule is Cc1c(NC(=S)NC2CC2)cccc1[N+](=O)[O-]. The van der Waals surface area contributed by atoms with Crippen molar-refractivity contribution in [3.05, 3.63) is 33.9 Å². The number of thiocarbonyl (C=S) groups is 1. The molecule has 1 aromatic rings. The van der Waals surface area contributed by atoms with Gasteiger partial charge in [-0.25, -0.2) is 0 Å². The highest BCUT2D eigenvalue weighted by Gasteiger charge is 2.22. The normalized spacial score (nSPS) is 14.2. The second kappa shape index (κ2) is 4.67. The van der Waals surface area contributed by atoms with Crippen molar-refractivity contribution in [1.29, 1.82) is 0 Å². The van der Waals surface area contributed by atoms with Gasteiger partial charge in [0, 0.05) is 17.8 Å². The van der Waals surface area contributed by atoms with E-state index in [2.05, 4.69) is 10.6 Å². The molecule has 0 saturated heterocycles. The fourth-order valence-corrected chi connectivity index (χ4v) is 1.80. The van der Waals surface area contributed by atoms with E-state index in [0.29, 0.717) is 22.4 Å². The van der Waals surface area contributed by atoms with Crippen LogP contribution in [-0.2, 0) is 0 Å². The molecule has 1 aromatic carbocycles. The summed E-state index contributed by atoms with van der Waals surface area (Å²) in [7, 11) is 0. The molecule has 0 radical (unpaired) electrons. The number of rotatable bonds is 3. The lowest BCUT2D eigenvalue weighted by molar-refractivity contribution is -0.385. The molecule has 0 unspecified atom stereocenters. The third kappa shape index (κ3) is 2.91. The second-order valence-electron chi connectivity index (χ2n) is 4.08. The zero-order chi connectivity index (χ0) is 12.4. The van der Waals surface area contributed by atoms with Crippen molar-refractivity contribution in [2.24, 2.45) is 0 Å². The Morgan fingerprint density at radius 1 is 1.53 bits per heavy atom. The average molecular weight is 251 g/mol. The van der Waals surface area contributed by atoms with Gasteiger partial charge in [0.2, 0.25) is 0 Å². The predicted octanol–water partition coefficient (Wildman–Crippen LogP) is 2.35. The third-order valence-corrected chi connectivity index (χ3v) is 2.88. The van der Waals surface area contributed by atoms with Gasteiger partial charge in [-0.05, 0) is 38.0 Å². The molecular formula is C11H13N3O2S. The van der Waals surface area contributed by atoms with Crippen molar-refractivity contribution < 1.29 is 4.92 Å². The Kier molecular flexibility index (Phi) is 3.23. The first-order chi connectivity index (χ1) is 8.08. The molecule has 2 rings (SSSR count). The summed E-state index contributed by atoms with van der Waals surface area (Å²) in [4.78, 5) is 10.4. The van der Waals surface area contributed by atoms with Crippen LogP contribution in [0.2, 0.25) is 0 Å². The third-order valence-electron chi connectivity index (χ3n) is 2.66. The van der Waals surface area contributed by atoms with Crippen LogP contribution in [0.15, 0.2) is 18.2 Å². The first-order valence-corrected chi connectivity index (χ1v) is 5.80. The van der Waals surface area contributed by atoms with Gasteiger partial charge in [-0.15, -0.1) is 0 Å². The monoisotopic (exact) mass is 251 g/mol. The largest absolute Gasteiger partial charge is 0.360 e. The van der Waals surface area contributed by atoms with E-state index in [-0.39, 0.29) is 5.69 Å². The van der Waals surface area contributed by atoms with Crippen LogP contribution in [0.1, 0.15) is 18.4 Å². The Bertz CT molecular complexity index is 472. The quantitative estimate of drug-likeness (QED) is 0.490. The Hall–Kier alpha value is -1.69. The van der Waals surface area contributed by atoms with Crippen LogP contribution in [0.3, 0.4) is 0 Å². The highest BCUT2D eigenvalue weighted by molar-refractivity contribution is 7.80. The van der Waals surface area contributed by atoms with Gasteiger partial charge in [-0.2, -0.15) is 0 Å². The van der Waals surface area contributed by atoms with E-state index in [1.807, 2.05) is 0 Å². The molecule has 0 heterocycles. The first-order valence-electron chi connectivity index (χ1n) is 5.39. The summed E-state index contributed by atoms with van der Waals surface area (Å²) in [5, 5.41) is 17.4. The molecule has 0 aromatic heterocycles. The van der Waals surface area contributed by atoms with Gasteiger partial charge in [0.05, 0.1) is 10.5 Å². The molecule has 0 atom stereocenters. The minimum Gasteiger partial charge on any atom is -0.360 e. The molecular weight excluding hydrogens is 238 g/mol. The fraction of sp³-hybridized carbons (Fsp3) is 0.364. The van der Waals surface area contributed by atoms with Crippen molar-refractivity contribution in [3.8, 4) is 0 Å². The highest BCUT2D eigenvalue weighted by Crippen LogP contribution is 2.25. The molecule has 1 aliphatic rings. The summed E-state index contributed by atoms with van der Waals surface area (Å²) in [6.45, 7) is 1.71. The van der Waals surface area contributed by atoms with E-state index in [0.717, 1.165) is 12.8 Å². The maximum atomic E-state index is 10.8. The molecule has 1 fully saturated rings. The summed E-state index contributed by atoms with van der Waals surface area (Å²) in [6.07, 6.45) is 2.27. The highest BCUT2D eigenvalue weighted by atomic mass is 32.1. The number of anilines is 1. The minimum absolute atomic E-state index is 0.101. The summed E-state index contributed by atoms with van der Waals surface area (Å²) in [6, 6.07) is 5.38. The number of nitro benzene ring substituents is 1. The number of benzene rings is 1. The lowest BCUT2D eigenvalue weighted by Gasteiger charge is -2.11. The van der Waals surface area contributed by atoms with Gasteiger partial charge in [0.25, 0.3) is 5.69 Å². The Balaban J connectivity index is 2.11. The van der Waals surface area contributed by atoms with E-state index >= 15 is 0 Å². The van der Waals surface area contributed by atoms with E-state index in [1.165, 1.54) is 6.07 Å². The number of nitrogens with one attached hydrogen (secondary N) is 2. The second-order valence-corrected chi connectivity index (χ2v) is 4.49. The molecule has 0 amide bonds. The van der Waals surface area contributed by atoms with Crippen LogP contribution < -0.4 is 10.6 Å². The van der Waals surface area contributed by atoms with E-state index in [9.17, 15) is 10.1 Å². The predicted molar refractivity (Wildman–Crippen MR) is 70.2 cm³/mol. The standard InChI is InChI=1S/C11H13N3O2S/c1-7-9(3-2-4-10(7)14(15)16)13-11(17)12-8-5-6-8/h2-4,8H,5-6H2,1H3,(H2,12,13,17). The van der Waals surface area contributed by atoms with Crippen LogP contribution in [0.5, 0.6) is 0 Å². The smallest absolute Gasteiger partial charge is 0.274 e. The lowest BCUT2D eigenvalue weighted by Crippen LogP contribution is -2.30. The van der Waals surface area contributed by atoms with Crippen molar-refractivity contribution in [3.63, 3.8) is 0 Å². The molecule has 0 aliphatic heterocycles. The number of hydrogen-bond acceptors (Lipinski definition) is 3. The van der Waals surface area contributed by atoms with Gasteiger partial charge in [-0.3, -0.25) is 10.1 Å². The van der Waals surface area contributed by atoms with Crippen molar-refractivity contribution >= 4 is 28.7 Å². The molecule has 0 spiro atoms. The first kappa shape index (κ1) is 11.8. The lowest BCUT2D eigenvalue weighted by atomic mass is 10.1. The summed E-state index contributed by atoms with van der Waals surface area (Å²) in [5.41, 5.74) is 1.37. The molecule has 1 aliphatic carbocycles. The maximum absolute atomic E-state index is 10.8. The summed E-state index contributed by atoms with van der Waals surface area (Å²) >= 11 is 5.13. The van der Waals surface area contributed by atoms with Crippen molar-refractivity contribution in [1.82, 2.24) is 5.32 Å². The van der Waals surface area contributed by atoms with E-state index < -0.39 is 4.92 Å². The van der Waals surface area contributed by atoms with Crippen LogP contribution in [0, 0.1) is 17.0 Å². The minimum atomic E-state index is -0.391. The van der Waals surface area contributed by atoms with Crippen LogP contribution >= 0.6 is 12.2 Å². The van der Waals surface area contributed by atoms with Gasteiger partial charge in [-0.1, -0.05) is 6.07 Å². The van der Waals surface area contributed by atoms with Gasteiger partial charge >= 0.3 is 0 Å². The van der Waals surface area contributed by atoms with E-state index in [1.54, 1.807) is 19.1 Å². The van der Waals surface area contributed by atoms with Gasteiger partial charge < -0.3 is 10.6 Å². The topological polar surface area (TPSA) is 67.2 Å². The number of nitrogens with zero attached hydrogens (tertiary/aromatic N) is 1. The van der Waals surface area contributed by atoms with Crippen molar-refractivity contribution in [2.45, 2.75) is 25.8 Å². The van der Waals surface area contributed by atoms with Gasteiger partial charge in [0.15, 0.2) is 5.11 Å². The van der Waals surface area contributed by atoms with Gasteiger partial charge in [0.1, 0.15) is 0 Å². The average Bonchev–Trinajstić information content (AvgIpc) is 3.04. The summed E-state index contributed by atoms with van der Waals surface area (Å²) in [5.74, 6) is 0. The summed E-state index contributed by atoms with van der Waals surface area (Å²) < 4.78 is 0. The molecule has 1 saturated carbocycles. The molecule has 90 valence electrons. The molecule has 17 heavy (non-hydrogen) atoms. The molecule has 0 bridgehead atoms. The van der Waals surface area contributed by atoms with E-state index in [4.69, 9.17) is 12.2 Å². The van der Waals surface area contributed by atoms with Crippen LogP contribution in [0.4, 0.5) is 11.4 Å². The Morgan fingerprint density at radius 3 is 2.82 bits per heavy atom. The van der Waals surface area contributed by atoms with Crippen LogP contribution in [0.25, 0.3) is 0 Å². The Morgan fingerprint density at radius 2 is 2.24 bits per heavy atom. The fourth-order valence-electron chi connectivity index (χ4n) is 1.53. The molecule has 2 N–H and O–H groups in total. The zero-order valence-corrected chi connectivity index (χ0v) is 10.2. The molecule has 5 nitrogen and oxygen atoms in total. The number of nitro groups is 1. The zero-order valence-electron chi connectivity index (χ0n) is 9.40. The van der Waals surface area contributed by atoms with Crippen molar-refractivity contribution in [2.75, 3.05) is 5.32 Å². The maximum Gasteiger partial charge on any atom is 0.274 e. The number of hydrogen-bond donors (Lipinski definition) is 2. The Labute approximate surface area is 104 Å². The van der Waals surface area contributed by atoms with Crippen LogP contribution in [-0.4, -0.2) is 16.1 Å².